The van der Waals surface area contributed by atoms with Gasteiger partial charge in [0.15, 0.2) is 0 Å². The normalized spacial score (nSPS) is 15.2. The summed E-state index contributed by atoms with van der Waals surface area (Å²) in [5, 5.41) is 10.1. The van der Waals surface area contributed by atoms with E-state index in [4.69, 9.17) is 4.74 Å². The van der Waals surface area contributed by atoms with Crippen LogP contribution in [0.5, 0.6) is 0 Å². The molecule has 50 heavy (non-hydrogen) atoms. The van der Waals surface area contributed by atoms with Crippen LogP contribution in [0, 0.1) is 0 Å². The number of esters is 1. The maximum Gasteiger partial charge on any atom is 0.306 e. The van der Waals surface area contributed by atoms with E-state index in [9.17, 15) is 47.9 Å². The fourth-order valence-electron chi connectivity index (χ4n) is 4.80. The molecule has 0 aromatic heterocycles. The van der Waals surface area contributed by atoms with Crippen LogP contribution >= 0.6 is 0 Å². The molecule has 2 aliphatic heterocycles. The monoisotopic (exact) mass is 702 g/mol. The van der Waals surface area contributed by atoms with Gasteiger partial charge in [-0.1, -0.05) is 0 Å². The largest absolute Gasteiger partial charge is 0.460 e. The Hall–Kier alpha value is -5.22. The predicted octanol–water partition coefficient (Wildman–Crippen LogP) is -0.910. The SMILES string of the molecule is CC(=O)CCCNC(=O)[C@H](NC(=O)CCCN1C(=O)C=CC1=O)[C@H](NC(=O)CCCN1C(=O)C=CC1=O)C(=O)NCCCC(=O)OC(C)(C)C. The Balaban J connectivity index is 2.18. The van der Waals surface area contributed by atoms with Crippen LogP contribution in [0.2, 0.25) is 0 Å². The second kappa shape index (κ2) is 19.7. The van der Waals surface area contributed by atoms with Crippen molar-refractivity contribution >= 4 is 59.0 Å². The third kappa shape index (κ3) is 14.5. The van der Waals surface area contributed by atoms with Gasteiger partial charge in [0.05, 0.1) is 0 Å². The van der Waals surface area contributed by atoms with Crippen molar-refractivity contribution in [3.63, 3.8) is 0 Å². The van der Waals surface area contributed by atoms with Gasteiger partial charge in [0.1, 0.15) is 23.5 Å². The standard InChI is InChI=1S/C33H46N6O11/c1-21(40)9-5-17-34-31(48)29(36-22(41)10-7-19-38-24(43)13-14-25(38)44)30(32(49)35-18-6-12-28(47)50-33(2,3)4)37-23(42)11-8-20-39-26(45)15-16-27(39)46/h13-16,29-30H,5-12,17-20H2,1-4H3,(H,34,48)(H,35,49)(H,36,41)(H,37,42)/t29-,30+/m1/s1. The van der Waals surface area contributed by atoms with Crippen molar-refractivity contribution in [2.75, 3.05) is 26.2 Å². The molecule has 0 saturated carbocycles. The number of nitrogens with zero attached hydrogens (tertiary/aromatic N) is 2. The van der Waals surface area contributed by atoms with Gasteiger partial charge >= 0.3 is 5.97 Å². The molecule has 17 nitrogen and oxygen atoms in total. The fourth-order valence-corrected chi connectivity index (χ4v) is 4.80. The predicted molar refractivity (Wildman–Crippen MR) is 175 cm³/mol. The minimum Gasteiger partial charge on any atom is -0.460 e. The van der Waals surface area contributed by atoms with E-state index in [0.717, 1.165) is 34.1 Å². The third-order valence-electron chi connectivity index (χ3n) is 7.19. The molecule has 0 aromatic rings. The van der Waals surface area contributed by atoms with Gasteiger partial charge in [-0.25, -0.2) is 0 Å². The number of ketones is 1. The summed E-state index contributed by atoms with van der Waals surface area (Å²) in [6.07, 6.45) is 4.52. The topological polar surface area (TPSA) is 235 Å². The van der Waals surface area contributed by atoms with Crippen LogP contribution in [0.15, 0.2) is 24.3 Å². The molecule has 274 valence electrons. The molecule has 4 N–H and O–H groups in total. The van der Waals surface area contributed by atoms with Crippen molar-refractivity contribution in [1.29, 1.82) is 0 Å². The van der Waals surface area contributed by atoms with Gasteiger partial charge in [0.2, 0.25) is 23.6 Å². The van der Waals surface area contributed by atoms with Crippen LogP contribution in [0.25, 0.3) is 0 Å². The van der Waals surface area contributed by atoms with Crippen LogP contribution in [-0.2, 0) is 52.7 Å². The molecule has 17 heteroatoms. The molecule has 0 radical (unpaired) electrons. The second-order valence-corrected chi connectivity index (χ2v) is 12.7. The van der Waals surface area contributed by atoms with Gasteiger partial charge in [-0.15, -0.1) is 0 Å². The van der Waals surface area contributed by atoms with Gasteiger partial charge in [-0.3, -0.25) is 53.0 Å². The van der Waals surface area contributed by atoms with Crippen molar-refractivity contribution < 1.29 is 52.7 Å². The van der Waals surface area contributed by atoms with Gasteiger partial charge in [-0.05, 0) is 53.4 Å². The molecular formula is C33H46N6O11. The highest BCUT2D eigenvalue weighted by molar-refractivity contribution is 6.13. The smallest absolute Gasteiger partial charge is 0.306 e. The van der Waals surface area contributed by atoms with E-state index in [0.29, 0.717) is 0 Å². The Kier molecular flexibility index (Phi) is 16.1. The highest BCUT2D eigenvalue weighted by atomic mass is 16.6. The van der Waals surface area contributed by atoms with E-state index in [2.05, 4.69) is 21.3 Å². The molecule has 0 aromatic carbocycles. The first-order valence-corrected chi connectivity index (χ1v) is 16.4. The lowest BCUT2D eigenvalue weighted by atomic mass is 10.0. The first-order chi connectivity index (χ1) is 23.5. The quantitative estimate of drug-likeness (QED) is 0.0649. The minimum atomic E-state index is -1.66. The Bertz CT molecular complexity index is 1380. The average Bonchev–Trinajstić information content (AvgIpc) is 3.52. The Labute approximate surface area is 289 Å². The molecular weight excluding hydrogens is 656 g/mol. The molecule has 0 saturated heterocycles. The van der Waals surface area contributed by atoms with Gasteiger partial charge in [0.25, 0.3) is 23.6 Å². The summed E-state index contributed by atoms with van der Waals surface area (Å²) in [5.41, 5.74) is -0.707. The van der Waals surface area contributed by atoms with Gasteiger partial charge < -0.3 is 30.8 Å². The van der Waals surface area contributed by atoms with E-state index < -0.39 is 70.9 Å². The average molecular weight is 703 g/mol. The number of Topliss-reactive ketones (excluding diaryl/α,β-unsaturated/α-hetero) is 1. The van der Waals surface area contributed by atoms with E-state index in [1.54, 1.807) is 20.8 Å². The summed E-state index contributed by atoms with van der Waals surface area (Å²) in [7, 11) is 0. The number of hydrogen-bond donors (Lipinski definition) is 4. The van der Waals surface area contributed by atoms with E-state index in [-0.39, 0.29) is 83.3 Å². The molecule has 0 fully saturated rings. The van der Waals surface area contributed by atoms with Crippen molar-refractivity contribution in [3.8, 4) is 0 Å². The van der Waals surface area contributed by atoms with Gasteiger partial charge in [0, 0.05) is 76.2 Å². The molecule has 0 unspecified atom stereocenters. The molecule has 2 atom stereocenters. The van der Waals surface area contributed by atoms with Crippen molar-refractivity contribution in [2.24, 2.45) is 0 Å². The molecule has 2 rings (SSSR count). The van der Waals surface area contributed by atoms with Crippen LogP contribution in [-0.4, -0.2) is 113 Å². The number of nitrogens with one attached hydrogen (secondary N) is 4. The Morgan fingerprint density at radius 1 is 0.620 bits per heavy atom. The number of carbonyl (C=O) groups excluding carboxylic acids is 10. The fraction of sp³-hybridized carbons (Fsp3) is 0.576. The highest BCUT2D eigenvalue weighted by Gasteiger charge is 2.36. The molecule has 8 amide bonds. The van der Waals surface area contributed by atoms with Crippen LogP contribution < -0.4 is 21.3 Å². The third-order valence-corrected chi connectivity index (χ3v) is 7.19. The van der Waals surface area contributed by atoms with E-state index in [1.165, 1.54) is 6.92 Å². The number of rotatable bonds is 21. The summed E-state index contributed by atoms with van der Waals surface area (Å²) < 4.78 is 5.26. The number of carbonyl (C=O) groups is 10. The number of imide groups is 2. The summed E-state index contributed by atoms with van der Waals surface area (Å²) in [6, 6.07) is -3.32. The first kappa shape index (κ1) is 41.0. The lowest BCUT2D eigenvalue weighted by molar-refractivity contribution is -0.155. The zero-order valence-corrected chi connectivity index (χ0v) is 28.8. The Morgan fingerprint density at radius 2 is 1.00 bits per heavy atom. The zero-order chi connectivity index (χ0) is 37.4. The molecule has 0 aliphatic carbocycles. The maximum atomic E-state index is 13.5. The van der Waals surface area contributed by atoms with E-state index >= 15 is 0 Å². The maximum absolute atomic E-state index is 13.5. The summed E-state index contributed by atoms with van der Waals surface area (Å²) >= 11 is 0. The van der Waals surface area contributed by atoms with Crippen LogP contribution in [0.3, 0.4) is 0 Å². The lowest BCUT2D eigenvalue weighted by Crippen LogP contribution is -2.63. The highest BCUT2D eigenvalue weighted by Crippen LogP contribution is 2.10. The first-order valence-electron chi connectivity index (χ1n) is 16.4. The molecule has 2 aliphatic rings. The van der Waals surface area contributed by atoms with E-state index in [1.807, 2.05) is 0 Å². The van der Waals surface area contributed by atoms with Crippen molar-refractivity contribution in [1.82, 2.24) is 31.1 Å². The lowest BCUT2D eigenvalue weighted by Gasteiger charge is -2.28. The van der Waals surface area contributed by atoms with Crippen molar-refractivity contribution in [3.05, 3.63) is 24.3 Å². The number of hydrogen-bond acceptors (Lipinski definition) is 11. The second-order valence-electron chi connectivity index (χ2n) is 12.7. The zero-order valence-electron chi connectivity index (χ0n) is 28.8. The Morgan fingerprint density at radius 3 is 1.36 bits per heavy atom. The number of ether oxygens (including phenoxy) is 1. The van der Waals surface area contributed by atoms with Crippen LogP contribution in [0.4, 0.5) is 0 Å². The molecule has 2 heterocycles. The number of amides is 8. The minimum absolute atomic E-state index is 0.0149. The van der Waals surface area contributed by atoms with Crippen molar-refractivity contribution in [2.45, 2.75) is 96.7 Å². The van der Waals surface area contributed by atoms with Crippen LogP contribution in [0.1, 0.15) is 79.1 Å². The van der Waals surface area contributed by atoms with Gasteiger partial charge in [-0.2, -0.15) is 0 Å². The molecule has 0 spiro atoms. The summed E-state index contributed by atoms with van der Waals surface area (Å²) in [4.78, 5) is 126. The summed E-state index contributed by atoms with van der Waals surface area (Å²) in [6.45, 7) is 6.32. The molecule has 0 bridgehead atoms. The summed E-state index contributed by atoms with van der Waals surface area (Å²) in [5.74, 6) is -5.88.